The van der Waals surface area contributed by atoms with Crippen LogP contribution >= 0.6 is 0 Å². The summed E-state index contributed by atoms with van der Waals surface area (Å²) in [6.07, 6.45) is 2.62. The van der Waals surface area contributed by atoms with Gasteiger partial charge in [-0.2, -0.15) is 4.31 Å². The summed E-state index contributed by atoms with van der Waals surface area (Å²) >= 11 is 0. The fourth-order valence-corrected chi connectivity index (χ4v) is 3.42. The van der Waals surface area contributed by atoms with Gasteiger partial charge in [-0.3, -0.25) is 0 Å². The van der Waals surface area contributed by atoms with Crippen molar-refractivity contribution in [1.82, 2.24) is 4.31 Å². The maximum absolute atomic E-state index is 12.9. The maximum Gasteiger partial charge on any atom is 0.329 e. The van der Waals surface area contributed by atoms with Gasteiger partial charge in [-0.25, -0.2) is 17.6 Å². The van der Waals surface area contributed by atoms with E-state index in [1.54, 1.807) is 0 Å². The van der Waals surface area contributed by atoms with Gasteiger partial charge in [-0.1, -0.05) is 30.3 Å². The highest BCUT2D eigenvalue weighted by Crippen LogP contribution is 2.18. The first-order chi connectivity index (χ1) is 12.1. The molecule has 6 nitrogen and oxygen atoms in total. The van der Waals surface area contributed by atoms with Crippen LogP contribution in [-0.2, 0) is 26.0 Å². The zero-order chi connectivity index (χ0) is 19.7. The Kier molecular flexibility index (Phi) is 8.64. The Bertz CT molecular complexity index is 755. The van der Waals surface area contributed by atoms with Crippen LogP contribution in [-0.4, -0.2) is 50.1 Å². The minimum atomic E-state index is -3.85. The molecule has 0 saturated carbocycles. The summed E-state index contributed by atoms with van der Waals surface area (Å²) in [4.78, 5) is 10.6. The molecule has 1 aromatic rings. The van der Waals surface area contributed by atoms with Crippen molar-refractivity contribution in [3.63, 3.8) is 0 Å². The highest BCUT2D eigenvalue weighted by atomic mass is 32.2. The van der Waals surface area contributed by atoms with Crippen LogP contribution < -0.4 is 0 Å². The second-order valence-corrected chi connectivity index (χ2v) is 7.97. The van der Waals surface area contributed by atoms with Crippen molar-refractivity contribution in [2.45, 2.75) is 26.3 Å². The predicted octanol–water partition coefficient (Wildman–Crippen LogP) is 2.74. The normalized spacial score (nSPS) is 14.5. The van der Waals surface area contributed by atoms with Crippen molar-refractivity contribution in [2.75, 3.05) is 20.3 Å². The molecule has 0 aliphatic heterocycles. The molecule has 1 atom stereocenters. The van der Waals surface area contributed by atoms with Crippen LogP contribution in [0, 0.1) is 0 Å². The monoisotopic (exact) mass is 385 g/mol. The lowest BCUT2D eigenvalue weighted by Gasteiger charge is -2.27. The van der Waals surface area contributed by atoms with Gasteiger partial charge in [0, 0.05) is 7.05 Å². The zero-order valence-corrected chi connectivity index (χ0v) is 15.9. The molecule has 0 bridgehead atoms. The fourth-order valence-electron chi connectivity index (χ4n) is 2.20. The lowest BCUT2D eigenvalue weighted by atomic mass is 10.1. The number of hydrogen-bond acceptors (Lipinski definition) is 4. The van der Waals surface area contributed by atoms with Crippen LogP contribution in [0.1, 0.15) is 19.4 Å². The summed E-state index contributed by atoms with van der Waals surface area (Å²) in [6.45, 7) is 2.00. The lowest BCUT2D eigenvalue weighted by Crippen LogP contribution is -2.42. The highest BCUT2D eigenvalue weighted by molar-refractivity contribution is 7.93. The molecule has 0 aliphatic rings. The largest absolute Gasteiger partial charge is 0.480 e. The molecular formula is C18H24FNO5S. The van der Waals surface area contributed by atoms with Crippen molar-refractivity contribution in [3.05, 3.63) is 58.8 Å². The van der Waals surface area contributed by atoms with E-state index in [-0.39, 0.29) is 11.5 Å². The van der Waals surface area contributed by atoms with Crippen LogP contribution in [0.25, 0.3) is 0 Å². The number of hydrogen-bond donors (Lipinski definition) is 1. The van der Waals surface area contributed by atoms with E-state index in [9.17, 15) is 17.6 Å². The van der Waals surface area contributed by atoms with Crippen molar-refractivity contribution in [1.29, 1.82) is 0 Å². The number of aliphatic carboxylic acids is 1. The van der Waals surface area contributed by atoms with E-state index >= 15 is 0 Å². The molecule has 0 saturated heterocycles. The number of ether oxygens (including phenoxy) is 1. The Balaban J connectivity index is 3.04. The third-order valence-electron chi connectivity index (χ3n) is 3.70. The Morgan fingerprint density at radius 2 is 1.88 bits per heavy atom. The Morgan fingerprint density at radius 1 is 1.27 bits per heavy atom. The van der Waals surface area contributed by atoms with Crippen LogP contribution in [0.4, 0.5) is 4.39 Å². The second kappa shape index (κ2) is 10.2. The van der Waals surface area contributed by atoms with Crippen LogP contribution in [0.5, 0.6) is 0 Å². The molecule has 0 radical (unpaired) electrons. The van der Waals surface area contributed by atoms with E-state index in [0.717, 1.165) is 15.9 Å². The van der Waals surface area contributed by atoms with Gasteiger partial charge in [-0.05, 0) is 38.0 Å². The van der Waals surface area contributed by atoms with E-state index in [4.69, 9.17) is 9.84 Å². The van der Waals surface area contributed by atoms with Gasteiger partial charge in [0.1, 0.15) is 6.61 Å². The average Bonchev–Trinajstić information content (AvgIpc) is 2.58. The molecule has 144 valence electrons. The fraction of sp³-hybridized carbons (Fsp3) is 0.389. The minimum absolute atomic E-state index is 0.0201. The van der Waals surface area contributed by atoms with Gasteiger partial charge in [0.2, 0.25) is 10.0 Å². The number of likely N-dealkylation sites (N-methyl/N-ethyl adjacent to an activating group) is 1. The molecule has 1 N–H and O–H groups in total. The quantitative estimate of drug-likeness (QED) is 0.626. The summed E-state index contributed by atoms with van der Waals surface area (Å²) in [6, 6.07) is 8.60. The summed E-state index contributed by atoms with van der Waals surface area (Å²) < 4.78 is 44.5. The highest BCUT2D eigenvalue weighted by Gasteiger charge is 2.28. The number of nitrogens with zero attached hydrogens (tertiary/aromatic N) is 1. The molecule has 0 aromatic heterocycles. The number of rotatable bonds is 10. The SMILES string of the molecule is CC(F)=CC=C(C)S(=O)(=O)N(C)C(COCC(=O)O)Cc1ccccc1. The first-order valence-corrected chi connectivity index (χ1v) is 9.40. The van der Waals surface area contributed by atoms with Gasteiger partial charge < -0.3 is 9.84 Å². The molecule has 0 amide bonds. The molecule has 0 fully saturated rings. The van der Waals surface area contributed by atoms with Gasteiger partial charge >= 0.3 is 5.97 Å². The predicted molar refractivity (Wildman–Crippen MR) is 97.7 cm³/mol. The number of carboxylic acids is 1. The van der Waals surface area contributed by atoms with Gasteiger partial charge in [0.05, 0.1) is 23.4 Å². The first kappa shape index (κ1) is 22.0. The molecule has 26 heavy (non-hydrogen) atoms. The first-order valence-electron chi connectivity index (χ1n) is 7.96. The van der Waals surface area contributed by atoms with Gasteiger partial charge in [0.25, 0.3) is 0 Å². The van der Waals surface area contributed by atoms with Crippen molar-refractivity contribution in [3.8, 4) is 0 Å². The average molecular weight is 385 g/mol. The van der Waals surface area contributed by atoms with E-state index in [1.807, 2.05) is 30.3 Å². The molecule has 1 unspecified atom stereocenters. The second-order valence-electron chi connectivity index (χ2n) is 5.80. The maximum atomic E-state index is 12.9. The van der Waals surface area contributed by atoms with E-state index in [0.29, 0.717) is 6.42 Å². The summed E-state index contributed by atoms with van der Waals surface area (Å²) in [7, 11) is -2.45. The van der Waals surface area contributed by atoms with Crippen molar-refractivity contribution < 1.29 is 27.4 Å². The van der Waals surface area contributed by atoms with Crippen molar-refractivity contribution >= 4 is 16.0 Å². The molecule has 0 aliphatic carbocycles. The lowest BCUT2D eigenvalue weighted by molar-refractivity contribution is -0.142. The number of benzene rings is 1. The van der Waals surface area contributed by atoms with Gasteiger partial charge in [-0.15, -0.1) is 0 Å². The number of carbonyl (C=O) groups is 1. The molecule has 0 heterocycles. The number of sulfonamides is 1. The molecule has 8 heteroatoms. The number of halogens is 1. The third-order valence-corrected chi connectivity index (χ3v) is 5.70. The Hall–Kier alpha value is -2.03. The van der Waals surface area contributed by atoms with Crippen molar-refractivity contribution in [2.24, 2.45) is 0 Å². The van der Waals surface area contributed by atoms with E-state index in [2.05, 4.69) is 0 Å². The minimum Gasteiger partial charge on any atom is -0.480 e. The number of carboxylic acid groups (broad SMARTS) is 1. The number of allylic oxidation sites excluding steroid dienone is 4. The van der Waals surface area contributed by atoms with E-state index < -0.39 is 34.5 Å². The Morgan fingerprint density at radius 3 is 2.42 bits per heavy atom. The smallest absolute Gasteiger partial charge is 0.329 e. The van der Waals surface area contributed by atoms with Gasteiger partial charge in [0.15, 0.2) is 0 Å². The summed E-state index contributed by atoms with van der Waals surface area (Å²) in [5.41, 5.74) is 0.889. The van der Waals surface area contributed by atoms with Crippen LogP contribution in [0.2, 0.25) is 0 Å². The van der Waals surface area contributed by atoms with E-state index in [1.165, 1.54) is 27.0 Å². The molecule has 1 aromatic carbocycles. The zero-order valence-electron chi connectivity index (χ0n) is 15.1. The molecule has 0 spiro atoms. The van der Waals surface area contributed by atoms with Crippen LogP contribution in [0.15, 0.2) is 53.2 Å². The third kappa shape index (κ3) is 7.07. The topological polar surface area (TPSA) is 83.9 Å². The standard InChI is InChI=1S/C18H24FNO5S/c1-14(19)9-10-15(2)26(23,24)20(3)17(12-25-13-18(21)22)11-16-7-5-4-6-8-16/h4-10,17H,11-13H2,1-3H3,(H,21,22). The Labute approximate surface area is 153 Å². The van der Waals surface area contributed by atoms with Crippen LogP contribution in [0.3, 0.4) is 0 Å². The molecule has 1 rings (SSSR count). The summed E-state index contributed by atoms with van der Waals surface area (Å²) in [5, 5.41) is 8.72. The molecular weight excluding hydrogens is 361 g/mol. The summed E-state index contributed by atoms with van der Waals surface area (Å²) in [5.74, 6) is -1.64.